The molecule has 1 aliphatic rings. The molecule has 0 aromatic heterocycles. The lowest BCUT2D eigenvalue weighted by atomic mass is 9.69. The Morgan fingerprint density at radius 3 is 1.95 bits per heavy atom. The standard InChI is InChI=1S/C15H25NO6/c1-9(2)12(17)21-10(3)22-13(18)11(16)15(14(19)20)7-5-4-6-8-15/h9-11H,4-8,16H2,1-3H3,(H,19,20). The summed E-state index contributed by atoms with van der Waals surface area (Å²) in [6.07, 6.45) is 1.95. The van der Waals surface area contributed by atoms with E-state index in [-0.39, 0.29) is 5.92 Å². The zero-order chi connectivity index (χ0) is 16.9. The molecule has 1 aliphatic carbocycles. The second kappa shape index (κ2) is 7.58. The first-order chi connectivity index (χ1) is 10.2. The number of rotatable bonds is 6. The van der Waals surface area contributed by atoms with Gasteiger partial charge >= 0.3 is 17.9 Å². The van der Waals surface area contributed by atoms with Crippen LogP contribution in [0.2, 0.25) is 0 Å². The maximum atomic E-state index is 12.1. The molecule has 2 unspecified atom stereocenters. The highest BCUT2D eigenvalue weighted by molar-refractivity contribution is 5.87. The van der Waals surface area contributed by atoms with Gasteiger partial charge < -0.3 is 20.3 Å². The van der Waals surface area contributed by atoms with Gasteiger partial charge in [0, 0.05) is 6.92 Å². The largest absolute Gasteiger partial charge is 0.481 e. The fourth-order valence-electron chi connectivity index (χ4n) is 2.63. The minimum Gasteiger partial charge on any atom is -0.481 e. The van der Waals surface area contributed by atoms with Gasteiger partial charge in [-0.25, -0.2) is 0 Å². The van der Waals surface area contributed by atoms with Crippen LogP contribution in [-0.2, 0) is 23.9 Å². The molecule has 0 aromatic rings. The van der Waals surface area contributed by atoms with E-state index in [4.69, 9.17) is 15.2 Å². The van der Waals surface area contributed by atoms with Crippen molar-refractivity contribution in [2.75, 3.05) is 0 Å². The third kappa shape index (κ3) is 4.19. The molecule has 7 heteroatoms. The van der Waals surface area contributed by atoms with E-state index < -0.39 is 35.7 Å². The molecule has 2 atom stereocenters. The summed E-state index contributed by atoms with van der Waals surface area (Å²) in [6.45, 7) is 4.72. The molecule has 1 saturated carbocycles. The van der Waals surface area contributed by atoms with E-state index in [1.807, 2.05) is 0 Å². The summed E-state index contributed by atoms with van der Waals surface area (Å²) in [4.78, 5) is 35.2. The zero-order valence-corrected chi connectivity index (χ0v) is 13.3. The van der Waals surface area contributed by atoms with Crippen LogP contribution in [0.5, 0.6) is 0 Å². The highest BCUT2D eigenvalue weighted by atomic mass is 16.7. The van der Waals surface area contributed by atoms with Crippen molar-refractivity contribution in [3.05, 3.63) is 0 Å². The number of ether oxygens (including phenoxy) is 2. The van der Waals surface area contributed by atoms with Gasteiger partial charge in [-0.1, -0.05) is 33.1 Å². The van der Waals surface area contributed by atoms with Gasteiger partial charge in [0.15, 0.2) is 0 Å². The number of carbonyl (C=O) groups is 3. The van der Waals surface area contributed by atoms with Crippen molar-refractivity contribution in [3.63, 3.8) is 0 Å². The van der Waals surface area contributed by atoms with E-state index in [1.165, 1.54) is 6.92 Å². The van der Waals surface area contributed by atoms with Crippen LogP contribution < -0.4 is 5.73 Å². The van der Waals surface area contributed by atoms with Gasteiger partial charge in [-0.05, 0) is 12.8 Å². The molecule has 0 spiro atoms. The number of esters is 2. The third-order valence-corrected chi connectivity index (χ3v) is 4.06. The summed E-state index contributed by atoms with van der Waals surface area (Å²) < 4.78 is 9.92. The van der Waals surface area contributed by atoms with Crippen molar-refractivity contribution in [1.82, 2.24) is 0 Å². The maximum Gasteiger partial charge on any atom is 0.327 e. The Morgan fingerprint density at radius 1 is 1.00 bits per heavy atom. The molecule has 1 fully saturated rings. The van der Waals surface area contributed by atoms with Crippen LogP contribution in [0.1, 0.15) is 52.9 Å². The molecule has 0 saturated heterocycles. The highest BCUT2D eigenvalue weighted by Crippen LogP contribution is 2.39. The van der Waals surface area contributed by atoms with E-state index in [0.29, 0.717) is 25.7 Å². The predicted molar refractivity (Wildman–Crippen MR) is 77.6 cm³/mol. The van der Waals surface area contributed by atoms with Gasteiger partial charge in [0.2, 0.25) is 6.29 Å². The summed E-state index contributed by atoms with van der Waals surface area (Å²) in [5.41, 5.74) is 4.58. The number of hydrogen-bond donors (Lipinski definition) is 2. The Bertz CT molecular complexity index is 428. The fraction of sp³-hybridized carbons (Fsp3) is 0.800. The lowest BCUT2D eigenvalue weighted by Gasteiger charge is -2.36. The smallest absolute Gasteiger partial charge is 0.327 e. The molecule has 0 radical (unpaired) electrons. The minimum absolute atomic E-state index is 0.346. The van der Waals surface area contributed by atoms with Crippen molar-refractivity contribution in [3.8, 4) is 0 Å². The second-order valence-electron chi connectivity index (χ2n) is 6.10. The van der Waals surface area contributed by atoms with E-state index in [9.17, 15) is 19.5 Å². The summed E-state index contributed by atoms with van der Waals surface area (Å²) >= 11 is 0. The van der Waals surface area contributed by atoms with Gasteiger partial charge in [0.05, 0.1) is 11.3 Å². The molecule has 0 bridgehead atoms. The molecule has 0 amide bonds. The van der Waals surface area contributed by atoms with Crippen LogP contribution in [0.3, 0.4) is 0 Å². The Kier molecular flexibility index (Phi) is 6.34. The number of carboxylic acid groups (broad SMARTS) is 1. The van der Waals surface area contributed by atoms with Crippen LogP contribution in [-0.4, -0.2) is 35.3 Å². The lowest BCUT2D eigenvalue weighted by Crippen LogP contribution is -2.54. The summed E-state index contributed by atoms with van der Waals surface area (Å²) in [7, 11) is 0. The summed E-state index contributed by atoms with van der Waals surface area (Å²) in [6, 6.07) is -1.27. The Morgan fingerprint density at radius 2 is 1.50 bits per heavy atom. The molecule has 0 aromatic carbocycles. The normalized spacial score (nSPS) is 20.0. The average molecular weight is 315 g/mol. The molecule has 0 heterocycles. The summed E-state index contributed by atoms with van der Waals surface area (Å²) in [5.74, 6) is -2.78. The Labute approximate surface area is 130 Å². The minimum atomic E-state index is -1.29. The van der Waals surface area contributed by atoms with Crippen LogP contribution in [0.4, 0.5) is 0 Å². The summed E-state index contributed by atoms with van der Waals surface area (Å²) in [5, 5.41) is 9.49. The molecule has 7 nitrogen and oxygen atoms in total. The number of nitrogens with two attached hydrogens (primary N) is 1. The van der Waals surface area contributed by atoms with Gasteiger partial charge in [-0.2, -0.15) is 0 Å². The molecule has 22 heavy (non-hydrogen) atoms. The van der Waals surface area contributed by atoms with Gasteiger partial charge in [0.1, 0.15) is 6.04 Å². The van der Waals surface area contributed by atoms with Gasteiger partial charge in [-0.3, -0.25) is 14.4 Å². The Balaban J connectivity index is 2.70. The topological polar surface area (TPSA) is 116 Å². The Hall–Kier alpha value is -1.63. The molecular weight excluding hydrogens is 290 g/mol. The van der Waals surface area contributed by atoms with Crippen molar-refractivity contribution in [2.45, 2.75) is 65.2 Å². The SMILES string of the molecule is CC(OC(=O)C(C)C)OC(=O)C(N)C1(C(=O)O)CCCCC1. The highest BCUT2D eigenvalue weighted by Gasteiger charge is 2.49. The van der Waals surface area contributed by atoms with Gasteiger partial charge in [0.25, 0.3) is 0 Å². The number of carbonyl (C=O) groups excluding carboxylic acids is 2. The number of hydrogen-bond acceptors (Lipinski definition) is 6. The van der Waals surface area contributed by atoms with Crippen molar-refractivity contribution >= 4 is 17.9 Å². The van der Waals surface area contributed by atoms with E-state index in [0.717, 1.165) is 6.42 Å². The van der Waals surface area contributed by atoms with Gasteiger partial charge in [-0.15, -0.1) is 0 Å². The van der Waals surface area contributed by atoms with Crippen molar-refractivity contribution in [2.24, 2.45) is 17.1 Å². The second-order valence-corrected chi connectivity index (χ2v) is 6.10. The average Bonchev–Trinajstić information content (AvgIpc) is 2.46. The van der Waals surface area contributed by atoms with Crippen LogP contribution >= 0.6 is 0 Å². The predicted octanol–water partition coefficient (Wildman–Crippen LogP) is 1.44. The zero-order valence-electron chi connectivity index (χ0n) is 13.3. The third-order valence-electron chi connectivity index (χ3n) is 4.06. The number of carboxylic acids is 1. The molecule has 1 rings (SSSR count). The van der Waals surface area contributed by atoms with Crippen LogP contribution in [0, 0.1) is 11.3 Å². The van der Waals surface area contributed by atoms with E-state index >= 15 is 0 Å². The lowest BCUT2D eigenvalue weighted by molar-refractivity contribution is -0.191. The first-order valence-electron chi connectivity index (χ1n) is 7.60. The molecule has 0 aliphatic heterocycles. The van der Waals surface area contributed by atoms with Crippen molar-refractivity contribution < 1.29 is 29.0 Å². The molecule has 3 N–H and O–H groups in total. The quantitative estimate of drug-likeness (QED) is 0.562. The van der Waals surface area contributed by atoms with Crippen LogP contribution in [0.25, 0.3) is 0 Å². The van der Waals surface area contributed by atoms with Crippen molar-refractivity contribution in [1.29, 1.82) is 0 Å². The molecular formula is C15H25NO6. The molecule has 126 valence electrons. The maximum absolute atomic E-state index is 12.1. The first-order valence-corrected chi connectivity index (χ1v) is 7.60. The first kappa shape index (κ1) is 18.4. The fourth-order valence-corrected chi connectivity index (χ4v) is 2.63. The van der Waals surface area contributed by atoms with E-state index in [2.05, 4.69) is 0 Å². The van der Waals surface area contributed by atoms with Crippen LogP contribution in [0.15, 0.2) is 0 Å². The van der Waals surface area contributed by atoms with E-state index in [1.54, 1.807) is 13.8 Å². The monoisotopic (exact) mass is 315 g/mol. The number of aliphatic carboxylic acids is 1.